The lowest BCUT2D eigenvalue weighted by atomic mass is 10.2. The molecule has 2 aromatic heterocycles. The maximum absolute atomic E-state index is 12.2. The number of hydrogen-bond donors (Lipinski definition) is 1. The van der Waals surface area contributed by atoms with Gasteiger partial charge in [0.1, 0.15) is 17.6 Å². The fourth-order valence-corrected chi connectivity index (χ4v) is 2.93. The van der Waals surface area contributed by atoms with Gasteiger partial charge in [0.15, 0.2) is 5.82 Å². The third-order valence-corrected chi connectivity index (χ3v) is 4.25. The van der Waals surface area contributed by atoms with E-state index in [-0.39, 0.29) is 17.0 Å². The van der Waals surface area contributed by atoms with Crippen LogP contribution in [0.15, 0.2) is 69.9 Å². The maximum atomic E-state index is 12.2. The second kappa shape index (κ2) is 6.94. The Hall–Kier alpha value is -3.62. The van der Waals surface area contributed by atoms with Crippen molar-refractivity contribution in [1.29, 1.82) is 5.26 Å². The monoisotopic (exact) mass is 373 g/mol. The SMILES string of the molecule is N#CC(=Cc1ccc(-c2cccc(Cl)c2)o1)c1nc2ccccc2c(=O)[nH]1. The largest absolute Gasteiger partial charge is 0.457 e. The van der Waals surface area contributed by atoms with Crippen molar-refractivity contribution in [3.63, 3.8) is 0 Å². The van der Waals surface area contributed by atoms with Crippen LogP contribution < -0.4 is 5.56 Å². The first-order valence-corrected chi connectivity index (χ1v) is 8.49. The van der Waals surface area contributed by atoms with E-state index in [1.165, 1.54) is 0 Å². The van der Waals surface area contributed by atoms with Crippen molar-refractivity contribution in [3.8, 4) is 17.4 Å². The number of H-pyrrole nitrogens is 1. The summed E-state index contributed by atoms with van der Waals surface area (Å²) in [7, 11) is 0. The molecule has 130 valence electrons. The lowest BCUT2D eigenvalue weighted by molar-refractivity contribution is 0.572. The summed E-state index contributed by atoms with van der Waals surface area (Å²) in [4.78, 5) is 19.3. The summed E-state index contributed by atoms with van der Waals surface area (Å²) in [6.07, 6.45) is 1.54. The number of nitriles is 1. The summed E-state index contributed by atoms with van der Waals surface area (Å²) in [6, 6.07) is 19.9. The quantitative estimate of drug-likeness (QED) is 0.518. The minimum atomic E-state index is -0.296. The van der Waals surface area contributed by atoms with Gasteiger partial charge in [-0.3, -0.25) is 4.79 Å². The number of nitrogens with zero attached hydrogens (tertiary/aromatic N) is 2. The molecule has 0 amide bonds. The molecule has 0 atom stereocenters. The molecule has 0 spiro atoms. The molecule has 0 unspecified atom stereocenters. The lowest BCUT2D eigenvalue weighted by Gasteiger charge is -2.01. The highest BCUT2D eigenvalue weighted by Crippen LogP contribution is 2.26. The van der Waals surface area contributed by atoms with Gasteiger partial charge in [-0.25, -0.2) is 4.98 Å². The topological polar surface area (TPSA) is 82.7 Å². The smallest absolute Gasteiger partial charge is 0.259 e. The maximum Gasteiger partial charge on any atom is 0.259 e. The first-order chi connectivity index (χ1) is 13.1. The Balaban J connectivity index is 1.75. The standard InChI is InChI=1S/C21H12ClN3O2/c22-15-5-3-4-13(10-15)19-9-8-16(27-19)11-14(12-23)20-24-18-7-2-1-6-17(18)21(26)25-20/h1-11H,(H,24,25,26). The molecule has 27 heavy (non-hydrogen) atoms. The van der Waals surface area contributed by atoms with E-state index in [9.17, 15) is 10.1 Å². The number of aromatic nitrogens is 2. The number of aromatic amines is 1. The number of hydrogen-bond acceptors (Lipinski definition) is 4. The average Bonchev–Trinajstić information content (AvgIpc) is 3.15. The summed E-state index contributed by atoms with van der Waals surface area (Å²) in [5, 5.41) is 10.6. The fraction of sp³-hybridized carbons (Fsp3) is 0. The van der Waals surface area contributed by atoms with E-state index in [1.54, 1.807) is 54.6 Å². The number of nitrogens with one attached hydrogen (secondary N) is 1. The van der Waals surface area contributed by atoms with Gasteiger partial charge >= 0.3 is 0 Å². The number of allylic oxidation sites excluding steroid dienone is 1. The molecule has 2 heterocycles. The Morgan fingerprint density at radius 1 is 1.15 bits per heavy atom. The molecule has 0 radical (unpaired) electrons. The third kappa shape index (κ3) is 3.39. The Bertz CT molecular complexity index is 1280. The van der Waals surface area contributed by atoms with E-state index in [2.05, 4.69) is 16.0 Å². The minimum absolute atomic E-state index is 0.196. The van der Waals surface area contributed by atoms with Gasteiger partial charge in [0.25, 0.3) is 5.56 Å². The average molecular weight is 374 g/mol. The van der Waals surface area contributed by atoms with Crippen LogP contribution in [0.2, 0.25) is 5.02 Å². The number of benzene rings is 2. The molecule has 1 N–H and O–H groups in total. The van der Waals surface area contributed by atoms with Gasteiger partial charge in [0.05, 0.1) is 16.5 Å². The van der Waals surface area contributed by atoms with Crippen LogP contribution in [0.3, 0.4) is 0 Å². The zero-order valence-corrected chi connectivity index (χ0v) is 14.7. The van der Waals surface area contributed by atoms with Crippen LogP contribution in [-0.4, -0.2) is 9.97 Å². The number of furan rings is 1. The second-order valence-corrected chi connectivity index (χ2v) is 6.25. The van der Waals surface area contributed by atoms with Gasteiger partial charge in [-0.1, -0.05) is 35.9 Å². The highest BCUT2D eigenvalue weighted by Gasteiger charge is 2.10. The van der Waals surface area contributed by atoms with Gasteiger partial charge in [-0.15, -0.1) is 0 Å². The highest BCUT2D eigenvalue weighted by atomic mass is 35.5. The molecule has 5 nitrogen and oxygen atoms in total. The van der Waals surface area contributed by atoms with Crippen LogP contribution in [-0.2, 0) is 0 Å². The third-order valence-electron chi connectivity index (χ3n) is 4.01. The number of fused-ring (bicyclic) bond motifs is 1. The van der Waals surface area contributed by atoms with E-state index in [1.807, 2.05) is 12.1 Å². The molecule has 4 rings (SSSR count). The van der Waals surface area contributed by atoms with Crippen molar-refractivity contribution in [1.82, 2.24) is 9.97 Å². The molecular formula is C21H12ClN3O2. The first kappa shape index (κ1) is 16.8. The lowest BCUT2D eigenvalue weighted by Crippen LogP contribution is -2.11. The van der Waals surface area contributed by atoms with Crippen molar-refractivity contribution >= 4 is 34.2 Å². The predicted octanol–water partition coefficient (Wildman–Crippen LogP) is 4.90. The normalized spacial score (nSPS) is 11.5. The van der Waals surface area contributed by atoms with Crippen LogP contribution in [0.4, 0.5) is 0 Å². The second-order valence-electron chi connectivity index (χ2n) is 5.81. The summed E-state index contributed by atoms with van der Waals surface area (Å²) < 4.78 is 5.79. The van der Waals surface area contributed by atoms with E-state index in [0.29, 0.717) is 27.4 Å². The van der Waals surface area contributed by atoms with Crippen molar-refractivity contribution in [2.75, 3.05) is 0 Å². The van der Waals surface area contributed by atoms with Gasteiger partial charge in [-0.05, 0) is 36.4 Å². The number of rotatable bonds is 3. The molecule has 0 aliphatic heterocycles. The predicted molar refractivity (Wildman–Crippen MR) is 105 cm³/mol. The zero-order valence-electron chi connectivity index (χ0n) is 13.9. The fourth-order valence-electron chi connectivity index (χ4n) is 2.74. The molecule has 0 aliphatic carbocycles. The zero-order chi connectivity index (χ0) is 18.8. The van der Waals surface area contributed by atoms with E-state index in [0.717, 1.165) is 5.56 Å². The van der Waals surface area contributed by atoms with Gasteiger partial charge < -0.3 is 9.40 Å². The van der Waals surface area contributed by atoms with Crippen molar-refractivity contribution in [3.05, 3.63) is 87.6 Å². The molecule has 0 aliphatic rings. The van der Waals surface area contributed by atoms with Crippen LogP contribution in [0.1, 0.15) is 11.6 Å². The van der Waals surface area contributed by atoms with E-state index in [4.69, 9.17) is 16.0 Å². The van der Waals surface area contributed by atoms with Crippen LogP contribution in [0.5, 0.6) is 0 Å². The van der Waals surface area contributed by atoms with Gasteiger partial charge in [0, 0.05) is 16.7 Å². The Morgan fingerprint density at radius 3 is 2.81 bits per heavy atom. The van der Waals surface area contributed by atoms with Crippen LogP contribution in [0.25, 0.3) is 33.9 Å². The molecule has 6 heteroatoms. The molecule has 0 bridgehead atoms. The van der Waals surface area contributed by atoms with E-state index >= 15 is 0 Å². The Morgan fingerprint density at radius 2 is 2.00 bits per heavy atom. The van der Waals surface area contributed by atoms with Gasteiger partial charge in [-0.2, -0.15) is 5.26 Å². The summed E-state index contributed by atoms with van der Waals surface area (Å²) in [5.74, 6) is 1.29. The summed E-state index contributed by atoms with van der Waals surface area (Å²) >= 11 is 6.01. The Kier molecular flexibility index (Phi) is 4.33. The van der Waals surface area contributed by atoms with E-state index < -0.39 is 0 Å². The molecule has 2 aromatic carbocycles. The van der Waals surface area contributed by atoms with Crippen molar-refractivity contribution in [2.45, 2.75) is 0 Å². The van der Waals surface area contributed by atoms with Crippen LogP contribution in [0, 0.1) is 11.3 Å². The van der Waals surface area contributed by atoms with Crippen molar-refractivity contribution in [2.24, 2.45) is 0 Å². The minimum Gasteiger partial charge on any atom is -0.457 e. The molecule has 0 saturated carbocycles. The van der Waals surface area contributed by atoms with Crippen molar-refractivity contribution < 1.29 is 4.42 Å². The summed E-state index contributed by atoms with van der Waals surface area (Å²) in [5.41, 5.74) is 1.26. The first-order valence-electron chi connectivity index (χ1n) is 8.11. The Labute approximate surface area is 159 Å². The number of para-hydroxylation sites is 1. The molecule has 0 saturated heterocycles. The summed E-state index contributed by atoms with van der Waals surface area (Å²) in [6.45, 7) is 0. The van der Waals surface area contributed by atoms with Crippen LogP contribution >= 0.6 is 11.6 Å². The molecule has 4 aromatic rings. The molecule has 0 fully saturated rings. The molecular weight excluding hydrogens is 362 g/mol. The van der Waals surface area contributed by atoms with Gasteiger partial charge in [0.2, 0.25) is 0 Å². The highest BCUT2D eigenvalue weighted by molar-refractivity contribution is 6.30. The number of halogens is 1.